The Morgan fingerprint density at radius 3 is 2.38 bits per heavy atom. The molecule has 1 aliphatic rings. The molecule has 0 saturated carbocycles. The maximum atomic E-state index is 4.89. The van der Waals surface area contributed by atoms with Gasteiger partial charge >= 0.3 is 0 Å². The highest BCUT2D eigenvalue weighted by atomic mass is 15.5. The lowest BCUT2D eigenvalue weighted by atomic mass is 10.1. The van der Waals surface area contributed by atoms with E-state index in [0.29, 0.717) is 17.4 Å². The van der Waals surface area contributed by atoms with Gasteiger partial charge < -0.3 is 4.90 Å². The zero-order valence-corrected chi connectivity index (χ0v) is 17.2. The first-order chi connectivity index (χ1) is 14.2. The van der Waals surface area contributed by atoms with Gasteiger partial charge in [0.1, 0.15) is 0 Å². The van der Waals surface area contributed by atoms with Gasteiger partial charge in [-0.25, -0.2) is 9.67 Å². The number of aryl methyl sites for hydroxylation is 1. The molecule has 0 radical (unpaired) electrons. The minimum atomic E-state index is 0.664. The third-order valence-corrected chi connectivity index (χ3v) is 5.11. The minimum absolute atomic E-state index is 0.664. The molecule has 2 heterocycles. The second-order valence-electron chi connectivity index (χ2n) is 6.84. The number of nitrogens with one attached hydrogen (secondary N) is 1. The van der Waals surface area contributed by atoms with Gasteiger partial charge in [0.25, 0.3) is 0 Å². The van der Waals surface area contributed by atoms with E-state index in [-0.39, 0.29) is 0 Å². The number of amidine groups is 1. The van der Waals surface area contributed by atoms with E-state index >= 15 is 0 Å². The smallest absolute Gasteiger partial charge is 0.205 e. The summed E-state index contributed by atoms with van der Waals surface area (Å²) in [5.41, 5.74) is 8.17. The zero-order valence-electron chi connectivity index (χ0n) is 17.2. The molecule has 1 aliphatic heterocycles. The van der Waals surface area contributed by atoms with Gasteiger partial charge in [-0.05, 0) is 44.5 Å². The van der Waals surface area contributed by atoms with Gasteiger partial charge in [0.15, 0.2) is 17.4 Å². The highest BCUT2D eigenvalue weighted by Gasteiger charge is 2.29. The molecule has 29 heavy (non-hydrogen) atoms. The van der Waals surface area contributed by atoms with Gasteiger partial charge in [-0.1, -0.05) is 30.3 Å². The molecule has 3 aromatic rings. The van der Waals surface area contributed by atoms with E-state index in [4.69, 9.17) is 4.99 Å². The largest absolute Gasteiger partial charge is 0.372 e. The second kappa shape index (κ2) is 7.87. The van der Waals surface area contributed by atoms with Crippen molar-refractivity contribution < 1.29 is 0 Å². The molecule has 0 aliphatic carbocycles. The van der Waals surface area contributed by atoms with Gasteiger partial charge in [0, 0.05) is 31.4 Å². The fraction of sp³-hybridized carbons (Fsp3) is 0.273. The molecular weight excluding hydrogens is 362 g/mol. The summed E-state index contributed by atoms with van der Waals surface area (Å²) in [4.78, 5) is 11.6. The van der Waals surface area contributed by atoms with E-state index in [9.17, 15) is 0 Å². The standard InChI is InChI=1S/C22H25N7/c1-5-28(6-2)17-12-13-18(15(3)14-17)24-19-20(23-4)27-29-21(25-26-22(19)29)16-10-8-7-9-11-16/h7-14H,5-6H2,1-4H3,(H,23,27). The van der Waals surface area contributed by atoms with E-state index in [0.717, 1.165) is 35.7 Å². The summed E-state index contributed by atoms with van der Waals surface area (Å²) in [7, 11) is 1.75. The highest BCUT2D eigenvalue weighted by molar-refractivity contribution is 6.51. The first kappa shape index (κ1) is 18.9. The molecule has 7 heteroatoms. The predicted octanol–water partition coefficient (Wildman–Crippen LogP) is 3.81. The van der Waals surface area contributed by atoms with Crippen molar-refractivity contribution in [3.05, 3.63) is 59.9 Å². The van der Waals surface area contributed by atoms with E-state index in [1.807, 2.05) is 35.0 Å². The summed E-state index contributed by atoms with van der Waals surface area (Å²) in [6.07, 6.45) is 0. The Labute approximate surface area is 170 Å². The molecule has 1 aromatic heterocycles. The van der Waals surface area contributed by atoms with E-state index in [1.54, 1.807) is 7.05 Å². The number of aromatic nitrogens is 3. The quantitative estimate of drug-likeness (QED) is 0.723. The first-order valence-electron chi connectivity index (χ1n) is 9.86. The minimum Gasteiger partial charge on any atom is -0.372 e. The summed E-state index contributed by atoms with van der Waals surface area (Å²) >= 11 is 0. The van der Waals surface area contributed by atoms with Crippen LogP contribution in [0.15, 0.2) is 58.5 Å². The van der Waals surface area contributed by atoms with Crippen molar-refractivity contribution in [3.63, 3.8) is 0 Å². The third-order valence-electron chi connectivity index (χ3n) is 5.11. The molecule has 0 saturated heterocycles. The molecule has 0 amide bonds. The number of fused-ring (bicyclic) bond motifs is 1. The molecule has 148 valence electrons. The topological polar surface area (TPSA) is 70.7 Å². The van der Waals surface area contributed by atoms with Crippen LogP contribution >= 0.6 is 0 Å². The lowest BCUT2D eigenvalue weighted by molar-refractivity contribution is 0.865. The fourth-order valence-electron chi connectivity index (χ4n) is 3.51. The molecule has 0 atom stereocenters. The Hall–Kier alpha value is -3.48. The average molecular weight is 387 g/mol. The Morgan fingerprint density at radius 2 is 1.72 bits per heavy atom. The monoisotopic (exact) mass is 387 g/mol. The van der Waals surface area contributed by atoms with Crippen molar-refractivity contribution in [1.29, 1.82) is 0 Å². The van der Waals surface area contributed by atoms with Crippen LogP contribution in [0.1, 0.15) is 25.2 Å². The van der Waals surface area contributed by atoms with Crippen LogP contribution in [-0.4, -0.2) is 46.6 Å². The van der Waals surface area contributed by atoms with Gasteiger partial charge in [0.2, 0.25) is 5.82 Å². The molecular formula is C22H25N7. The first-order valence-corrected chi connectivity index (χ1v) is 9.86. The SMILES string of the molecule is CCN(CC)c1ccc(N=C2C(=NC)Nn3c2nnc3-c2ccccc2)c(C)c1. The van der Waals surface area contributed by atoms with Gasteiger partial charge in [-0.2, -0.15) is 0 Å². The number of anilines is 1. The molecule has 4 rings (SSSR count). The fourth-order valence-corrected chi connectivity index (χ4v) is 3.51. The lowest BCUT2D eigenvalue weighted by Gasteiger charge is -2.21. The predicted molar refractivity (Wildman–Crippen MR) is 119 cm³/mol. The molecule has 0 spiro atoms. The van der Waals surface area contributed by atoms with Crippen LogP contribution in [-0.2, 0) is 0 Å². The summed E-state index contributed by atoms with van der Waals surface area (Å²) < 4.78 is 1.84. The van der Waals surface area contributed by atoms with Gasteiger partial charge in [-0.3, -0.25) is 10.4 Å². The van der Waals surface area contributed by atoms with Crippen LogP contribution in [0.4, 0.5) is 11.4 Å². The van der Waals surface area contributed by atoms with Crippen molar-refractivity contribution >= 4 is 22.9 Å². The van der Waals surface area contributed by atoms with Gasteiger partial charge in [0.05, 0.1) is 5.69 Å². The Bertz CT molecular complexity index is 1080. The van der Waals surface area contributed by atoms with Crippen LogP contribution in [0.25, 0.3) is 11.4 Å². The third kappa shape index (κ3) is 3.40. The van der Waals surface area contributed by atoms with Crippen LogP contribution in [0, 0.1) is 6.92 Å². The number of rotatable bonds is 5. The summed E-state index contributed by atoms with van der Waals surface area (Å²) in [6, 6.07) is 16.3. The Morgan fingerprint density at radius 1 is 1.00 bits per heavy atom. The molecule has 7 nitrogen and oxygen atoms in total. The number of nitrogens with zero attached hydrogens (tertiary/aromatic N) is 6. The maximum Gasteiger partial charge on any atom is 0.205 e. The van der Waals surface area contributed by atoms with E-state index in [2.05, 4.69) is 64.5 Å². The Kier molecular flexibility index (Phi) is 5.12. The molecule has 0 fully saturated rings. The van der Waals surface area contributed by atoms with E-state index < -0.39 is 0 Å². The lowest BCUT2D eigenvalue weighted by Crippen LogP contribution is -2.21. The van der Waals surface area contributed by atoms with Gasteiger partial charge in [-0.15, -0.1) is 10.2 Å². The van der Waals surface area contributed by atoms with Crippen LogP contribution in [0.3, 0.4) is 0 Å². The van der Waals surface area contributed by atoms with Crippen molar-refractivity contribution in [3.8, 4) is 11.4 Å². The number of benzene rings is 2. The number of hydrogen-bond donors (Lipinski definition) is 1. The summed E-state index contributed by atoms with van der Waals surface area (Å²) in [5.74, 6) is 2.08. The highest BCUT2D eigenvalue weighted by Crippen LogP contribution is 2.27. The number of hydrogen-bond acceptors (Lipinski definition) is 5. The van der Waals surface area contributed by atoms with Crippen LogP contribution in [0.5, 0.6) is 0 Å². The normalized spacial score (nSPS) is 15.6. The van der Waals surface area contributed by atoms with Crippen LogP contribution in [0.2, 0.25) is 0 Å². The molecule has 0 bridgehead atoms. The van der Waals surface area contributed by atoms with Crippen molar-refractivity contribution in [2.75, 3.05) is 30.5 Å². The molecule has 0 unspecified atom stereocenters. The summed E-state index contributed by atoms with van der Waals surface area (Å²) in [6.45, 7) is 8.37. The summed E-state index contributed by atoms with van der Waals surface area (Å²) in [5, 5.41) is 8.74. The second-order valence-corrected chi connectivity index (χ2v) is 6.84. The zero-order chi connectivity index (χ0) is 20.4. The number of aliphatic imine (C=N–C) groups is 2. The van der Waals surface area contributed by atoms with Crippen molar-refractivity contribution in [1.82, 2.24) is 14.9 Å². The molecule has 1 N–H and O–H groups in total. The van der Waals surface area contributed by atoms with Crippen molar-refractivity contribution in [2.45, 2.75) is 20.8 Å². The average Bonchev–Trinajstić information content (AvgIpc) is 3.31. The Balaban J connectivity index is 1.75. The maximum absolute atomic E-state index is 4.89. The van der Waals surface area contributed by atoms with Crippen LogP contribution < -0.4 is 10.3 Å². The van der Waals surface area contributed by atoms with E-state index in [1.165, 1.54) is 5.69 Å². The molecule has 2 aromatic carbocycles. The van der Waals surface area contributed by atoms with Crippen molar-refractivity contribution in [2.24, 2.45) is 9.98 Å².